The van der Waals surface area contributed by atoms with Crippen LogP contribution in [0.1, 0.15) is 131 Å². The SMILES string of the molecule is CCC(C)C(NC1CC2C(C(NC(CCCCN)C(=O)O)CC3CC(NCC(=O)O)CC[C@@]32C)C2CCC([C@H](C)CCC(=O)NC(CCC(N)=O)C(=O)O)[C@@]12C)C(=O)O. The summed E-state index contributed by atoms with van der Waals surface area (Å²) in [6, 6.07) is -3.10. The Morgan fingerprint density at radius 1 is 0.797 bits per heavy atom. The van der Waals surface area contributed by atoms with Gasteiger partial charge in [0.15, 0.2) is 0 Å². The highest BCUT2D eigenvalue weighted by Crippen LogP contribution is 2.68. The lowest BCUT2D eigenvalue weighted by Crippen LogP contribution is -2.69. The highest BCUT2D eigenvalue weighted by molar-refractivity contribution is 5.84. The molecule has 336 valence electrons. The van der Waals surface area contributed by atoms with Crippen LogP contribution in [0.2, 0.25) is 0 Å². The first-order chi connectivity index (χ1) is 27.8. The van der Waals surface area contributed by atoms with Crippen molar-refractivity contribution in [3.8, 4) is 0 Å². The maximum atomic E-state index is 13.2. The zero-order valence-electron chi connectivity index (χ0n) is 35.9. The van der Waals surface area contributed by atoms with Crippen LogP contribution in [0.4, 0.5) is 0 Å². The molecule has 0 aromatic carbocycles. The molecule has 12 N–H and O–H groups in total. The average Bonchev–Trinajstić information content (AvgIpc) is 3.53. The predicted octanol–water partition coefficient (Wildman–Crippen LogP) is 3.16. The summed E-state index contributed by atoms with van der Waals surface area (Å²) in [5, 5.41) is 53.5. The molecule has 0 spiro atoms. The number of carbonyl (C=O) groups is 6. The molecule has 0 aromatic rings. The Morgan fingerprint density at radius 3 is 2.08 bits per heavy atom. The minimum absolute atomic E-state index is 0.00879. The smallest absolute Gasteiger partial charge is 0.326 e. The van der Waals surface area contributed by atoms with Gasteiger partial charge in [-0.3, -0.25) is 24.0 Å². The number of unbranched alkanes of at least 4 members (excludes halogenated alkanes) is 1. The molecule has 59 heavy (non-hydrogen) atoms. The number of nitrogens with two attached hydrogens (primary N) is 2. The molecule has 16 heteroatoms. The van der Waals surface area contributed by atoms with Crippen molar-refractivity contribution in [1.82, 2.24) is 21.3 Å². The van der Waals surface area contributed by atoms with Gasteiger partial charge in [0.1, 0.15) is 18.1 Å². The summed E-state index contributed by atoms with van der Waals surface area (Å²) >= 11 is 0. The third kappa shape index (κ3) is 11.3. The minimum Gasteiger partial charge on any atom is -0.480 e. The molecule has 4 saturated carbocycles. The van der Waals surface area contributed by atoms with Gasteiger partial charge in [0.2, 0.25) is 11.8 Å². The molecule has 0 radical (unpaired) electrons. The largest absolute Gasteiger partial charge is 0.480 e. The fourth-order valence-corrected chi connectivity index (χ4v) is 12.4. The molecule has 4 rings (SSSR count). The van der Waals surface area contributed by atoms with Gasteiger partial charge >= 0.3 is 23.9 Å². The van der Waals surface area contributed by atoms with Crippen LogP contribution < -0.4 is 32.7 Å². The average molecular weight is 835 g/mol. The molecule has 15 atom stereocenters. The van der Waals surface area contributed by atoms with Crippen LogP contribution in [-0.4, -0.2) is 105 Å². The topological polar surface area (TPSA) is 284 Å². The summed E-state index contributed by atoms with van der Waals surface area (Å²) in [5.41, 5.74) is 10.4. The summed E-state index contributed by atoms with van der Waals surface area (Å²) in [7, 11) is 0. The number of amides is 2. The van der Waals surface area contributed by atoms with Crippen LogP contribution in [-0.2, 0) is 28.8 Å². The van der Waals surface area contributed by atoms with E-state index in [2.05, 4.69) is 42.0 Å². The quantitative estimate of drug-likeness (QED) is 0.0626. The zero-order chi connectivity index (χ0) is 43.8. The summed E-state index contributed by atoms with van der Waals surface area (Å²) in [4.78, 5) is 73.6. The Balaban J connectivity index is 1.73. The van der Waals surface area contributed by atoms with Crippen molar-refractivity contribution in [2.24, 2.45) is 63.7 Å². The molecule has 0 aliphatic heterocycles. The van der Waals surface area contributed by atoms with Gasteiger partial charge in [-0.05, 0) is 129 Å². The Bertz CT molecular complexity index is 1500. The lowest BCUT2D eigenvalue weighted by molar-refractivity contribution is -0.156. The van der Waals surface area contributed by atoms with E-state index in [0.29, 0.717) is 38.6 Å². The van der Waals surface area contributed by atoms with E-state index in [1.54, 1.807) is 0 Å². The maximum Gasteiger partial charge on any atom is 0.326 e. The Kier molecular flexibility index (Phi) is 17.2. The predicted molar refractivity (Wildman–Crippen MR) is 221 cm³/mol. The van der Waals surface area contributed by atoms with E-state index in [1.165, 1.54) is 0 Å². The second-order valence-electron chi connectivity index (χ2n) is 19.1. The number of carboxylic acid groups (broad SMARTS) is 4. The third-order valence-electron chi connectivity index (χ3n) is 15.8. The van der Waals surface area contributed by atoms with Gasteiger partial charge in [-0.1, -0.05) is 47.5 Å². The van der Waals surface area contributed by atoms with E-state index in [-0.39, 0.29) is 90.8 Å². The van der Waals surface area contributed by atoms with Crippen molar-refractivity contribution in [2.75, 3.05) is 13.1 Å². The van der Waals surface area contributed by atoms with E-state index in [9.17, 15) is 49.2 Å². The molecule has 0 saturated heterocycles. The lowest BCUT2D eigenvalue weighted by atomic mass is 9.42. The highest BCUT2D eigenvalue weighted by atomic mass is 16.4. The monoisotopic (exact) mass is 835 g/mol. The van der Waals surface area contributed by atoms with Crippen molar-refractivity contribution in [3.63, 3.8) is 0 Å². The van der Waals surface area contributed by atoms with Gasteiger partial charge < -0.3 is 53.2 Å². The van der Waals surface area contributed by atoms with Crippen molar-refractivity contribution in [1.29, 1.82) is 0 Å². The van der Waals surface area contributed by atoms with E-state index in [1.807, 2.05) is 13.8 Å². The lowest BCUT2D eigenvalue weighted by Gasteiger charge is -2.66. The van der Waals surface area contributed by atoms with Crippen molar-refractivity contribution >= 4 is 35.7 Å². The van der Waals surface area contributed by atoms with E-state index < -0.39 is 59.2 Å². The normalized spacial score (nSPS) is 33.9. The number of hydrogen-bond acceptors (Lipinski definition) is 10. The number of fused-ring (bicyclic) bond motifs is 5. The van der Waals surface area contributed by atoms with Crippen LogP contribution in [0.15, 0.2) is 0 Å². The summed E-state index contributed by atoms with van der Waals surface area (Å²) < 4.78 is 0. The van der Waals surface area contributed by atoms with Crippen LogP contribution in [0.3, 0.4) is 0 Å². The second-order valence-corrected chi connectivity index (χ2v) is 19.1. The van der Waals surface area contributed by atoms with Gasteiger partial charge in [0.25, 0.3) is 0 Å². The molecule has 16 nitrogen and oxygen atoms in total. The highest BCUT2D eigenvalue weighted by Gasteiger charge is 2.66. The summed E-state index contributed by atoms with van der Waals surface area (Å²) in [6.07, 6.45) is 8.41. The Labute approximate surface area is 349 Å². The van der Waals surface area contributed by atoms with Crippen LogP contribution in [0.5, 0.6) is 0 Å². The van der Waals surface area contributed by atoms with Crippen LogP contribution in [0, 0.1) is 52.3 Å². The number of carboxylic acids is 4. The molecular formula is C43H74N6O10. The van der Waals surface area contributed by atoms with E-state index in [0.717, 1.165) is 44.9 Å². The second kappa shape index (κ2) is 21.0. The molecule has 2 amide bonds. The first-order valence-electron chi connectivity index (χ1n) is 22.2. The fraction of sp³-hybridized carbons (Fsp3) is 0.860. The number of aliphatic carboxylic acids is 4. The number of rotatable bonds is 24. The summed E-state index contributed by atoms with van der Waals surface area (Å²) in [6.45, 7) is 11.1. The molecular weight excluding hydrogens is 761 g/mol. The van der Waals surface area contributed by atoms with E-state index in [4.69, 9.17) is 11.5 Å². The van der Waals surface area contributed by atoms with Crippen LogP contribution >= 0.6 is 0 Å². The molecule has 4 fully saturated rings. The van der Waals surface area contributed by atoms with E-state index >= 15 is 0 Å². The number of primary amides is 1. The van der Waals surface area contributed by atoms with Crippen molar-refractivity contribution in [3.05, 3.63) is 0 Å². The third-order valence-corrected chi connectivity index (χ3v) is 15.8. The number of hydrogen-bond donors (Lipinski definition) is 10. The zero-order valence-corrected chi connectivity index (χ0v) is 35.9. The first-order valence-corrected chi connectivity index (χ1v) is 22.2. The van der Waals surface area contributed by atoms with Crippen molar-refractivity contribution < 1.29 is 49.2 Å². The van der Waals surface area contributed by atoms with Crippen LogP contribution in [0.25, 0.3) is 0 Å². The molecule has 0 aromatic heterocycles. The summed E-state index contributed by atoms with van der Waals surface area (Å²) in [5.74, 6) is -4.56. The fourth-order valence-electron chi connectivity index (χ4n) is 12.4. The van der Waals surface area contributed by atoms with Gasteiger partial charge in [0, 0.05) is 31.0 Å². The number of carbonyl (C=O) groups excluding carboxylic acids is 2. The van der Waals surface area contributed by atoms with Gasteiger partial charge in [-0.15, -0.1) is 0 Å². The minimum atomic E-state index is -1.24. The van der Waals surface area contributed by atoms with Gasteiger partial charge in [0.05, 0.1) is 6.54 Å². The van der Waals surface area contributed by atoms with Gasteiger partial charge in [-0.25, -0.2) is 4.79 Å². The van der Waals surface area contributed by atoms with Gasteiger partial charge in [-0.2, -0.15) is 0 Å². The number of nitrogens with one attached hydrogen (secondary N) is 4. The Hall–Kier alpha value is -3.34. The molecule has 12 unspecified atom stereocenters. The Morgan fingerprint density at radius 2 is 1.49 bits per heavy atom. The first kappa shape index (κ1) is 48.3. The standard InChI is InChI=1S/C43H74N6O10/c1-6-23(2)38(41(58)59)49-33-21-29-37(28-12-11-27(43(28,33)5)24(3)10-15-35(51)48-31(40(56)57)13-14-34(45)50)32(47-30(39(54)55)9-7-8-18-44)20-25-19-26(46-22-36(52)53)16-17-42(25,29)4/h23-33,37-38,46-47,49H,6-22,44H2,1-5H3,(H2,45,50)(H,48,51)(H,52,53)(H,54,55)(H,56,57)(H,58,59)/t23?,24-,25?,26?,27?,28?,29?,30?,31?,32?,33?,37?,38?,42+,43-/m1/s1. The molecule has 4 aliphatic carbocycles. The molecule has 0 bridgehead atoms. The maximum absolute atomic E-state index is 13.2. The molecule has 0 heterocycles. The van der Waals surface area contributed by atoms with Crippen molar-refractivity contribution in [2.45, 2.75) is 167 Å². The molecule has 4 aliphatic rings.